The summed E-state index contributed by atoms with van der Waals surface area (Å²) in [5.41, 5.74) is 0. The first kappa shape index (κ1) is 15.1. The van der Waals surface area contributed by atoms with Crippen molar-refractivity contribution in [3.05, 3.63) is 20.2 Å². The average Bonchev–Trinajstić information content (AvgIpc) is 2.09. The lowest BCUT2D eigenvalue weighted by molar-refractivity contribution is 0.655. The van der Waals surface area contributed by atoms with Crippen LogP contribution in [0.15, 0.2) is 20.2 Å². The molecule has 1 rings (SSSR count). The summed E-state index contributed by atoms with van der Waals surface area (Å²) >= 11 is 12.4. The van der Waals surface area contributed by atoms with E-state index in [1.807, 2.05) is 0 Å². The molecule has 0 radical (unpaired) electrons. The first-order valence-corrected chi connectivity index (χ1v) is 10.5. The third-order valence-corrected chi connectivity index (χ3v) is 11.0. The molecule has 0 bridgehead atoms. The maximum Gasteiger partial charge on any atom is 0.393 e. The molecule has 0 aliphatic carbocycles. The molecular weight excluding hydrogens is 415 g/mol. The fraction of sp³-hybridized carbons (Fsp3) is 0.600. The highest BCUT2D eigenvalue weighted by Crippen LogP contribution is 2.42. The Morgan fingerprint density at radius 2 is 1.94 bits per heavy atom. The zero-order valence-electron chi connectivity index (χ0n) is 10.3. The lowest BCUT2D eigenvalue weighted by Crippen LogP contribution is -2.57. The van der Waals surface area contributed by atoms with Gasteiger partial charge in [-0.25, -0.2) is 0 Å². The predicted octanol–water partition coefficient (Wildman–Crippen LogP) is 5.13. The van der Waals surface area contributed by atoms with E-state index in [0.717, 1.165) is 4.38 Å². The molecular formula is C10H17BBrClINSi. The molecule has 90 valence electrons. The maximum absolute atomic E-state index is 6.49. The van der Waals surface area contributed by atoms with Crippen molar-refractivity contribution >= 4 is 64.5 Å². The molecule has 0 aromatic rings. The minimum absolute atomic E-state index is 0.0561. The summed E-state index contributed by atoms with van der Waals surface area (Å²) in [5.74, 6) is 0. The summed E-state index contributed by atoms with van der Waals surface area (Å²) in [4.78, 5) is 0. The average molecular weight is 432 g/mol. The first-order chi connectivity index (χ1) is 7.07. The van der Waals surface area contributed by atoms with Crippen molar-refractivity contribution in [3.63, 3.8) is 0 Å². The lowest BCUT2D eigenvalue weighted by atomic mass is 9.90. The normalized spacial score (nSPS) is 18.5. The standard InChI is InChI=1S/C10H17BBrClINSi/c1-10(2,3)16(4,5)15-7-8(14)6-9(12)11(15)13/h6-7H,1-5H3. The Morgan fingerprint density at radius 3 is 2.38 bits per heavy atom. The Kier molecular flexibility index (Phi) is 4.70. The molecule has 0 aromatic carbocycles. The van der Waals surface area contributed by atoms with Crippen LogP contribution >= 0.6 is 50.0 Å². The van der Waals surface area contributed by atoms with Crippen LogP contribution in [0.5, 0.6) is 0 Å². The van der Waals surface area contributed by atoms with E-state index >= 15 is 0 Å². The molecule has 1 nitrogen and oxygen atoms in total. The number of allylic oxidation sites excluding steroid dienone is 2. The fourth-order valence-corrected chi connectivity index (χ4v) is 6.18. The third-order valence-electron chi connectivity index (χ3n) is 3.49. The quantitative estimate of drug-likeness (QED) is 0.410. The van der Waals surface area contributed by atoms with Crippen LogP contribution in [0.25, 0.3) is 0 Å². The van der Waals surface area contributed by atoms with Gasteiger partial charge in [0.15, 0.2) is 0 Å². The van der Waals surface area contributed by atoms with E-state index in [2.05, 4.69) is 89.1 Å². The van der Waals surface area contributed by atoms with Gasteiger partial charge in [0.25, 0.3) is 0 Å². The lowest BCUT2D eigenvalue weighted by Gasteiger charge is -2.48. The van der Waals surface area contributed by atoms with Crippen LogP contribution in [0.2, 0.25) is 18.1 Å². The van der Waals surface area contributed by atoms with Gasteiger partial charge < -0.3 is 4.48 Å². The molecule has 0 spiro atoms. The van der Waals surface area contributed by atoms with Crippen LogP contribution in [0.3, 0.4) is 0 Å². The van der Waals surface area contributed by atoms with Gasteiger partial charge in [-0.05, 0) is 39.9 Å². The first-order valence-electron chi connectivity index (χ1n) is 5.24. The van der Waals surface area contributed by atoms with Crippen LogP contribution in [0.4, 0.5) is 0 Å². The molecule has 0 fully saturated rings. The van der Waals surface area contributed by atoms with Gasteiger partial charge in [-0.15, -0.1) is 0 Å². The molecule has 0 amide bonds. The van der Waals surface area contributed by atoms with Crippen molar-refractivity contribution in [3.8, 4) is 0 Å². The second-order valence-corrected chi connectivity index (χ2v) is 13.3. The van der Waals surface area contributed by atoms with Crippen LogP contribution in [0, 0.1) is 0 Å². The molecule has 1 aliphatic rings. The molecule has 0 atom stereocenters. The Morgan fingerprint density at radius 1 is 1.44 bits per heavy atom. The van der Waals surface area contributed by atoms with Crippen molar-refractivity contribution < 1.29 is 0 Å². The van der Waals surface area contributed by atoms with Gasteiger partial charge in [0.2, 0.25) is 0 Å². The molecule has 1 aliphatic heterocycles. The van der Waals surface area contributed by atoms with E-state index in [-0.39, 0.29) is 11.3 Å². The van der Waals surface area contributed by atoms with Gasteiger partial charge in [0.1, 0.15) is 8.24 Å². The Labute approximate surface area is 127 Å². The topological polar surface area (TPSA) is 3.24 Å². The Balaban J connectivity index is 3.11. The van der Waals surface area contributed by atoms with Crippen molar-refractivity contribution in [1.82, 2.24) is 4.48 Å². The van der Waals surface area contributed by atoms with E-state index < -0.39 is 8.24 Å². The van der Waals surface area contributed by atoms with Gasteiger partial charge >= 0.3 is 6.26 Å². The number of hydrogen-bond acceptors (Lipinski definition) is 1. The zero-order valence-corrected chi connectivity index (χ0v) is 15.8. The number of halogens is 3. The fourth-order valence-electron chi connectivity index (χ4n) is 1.40. The molecule has 0 saturated carbocycles. The summed E-state index contributed by atoms with van der Waals surface area (Å²) in [6.07, 6.45) is 4.22. The summed E-state index contributed by atoms with van der Waals surface area (Å²) in [5, 5.41) is 0.290. The largest absolute Gasteiger partial charge is 0.430 e. The minimum Gasteiger partial charge on any atom is -0.430 e. The van der Waals surface area contributed by atoms with Crippen molar-refractivity contribution in [2.75, 3.05) is 0 Å². The zero-order chi connectivity index (χ0) is 12.7. The summed E-state index contributed by atoms with van der Waals surface area (Å²) in [6.45, 7) is 11.6. The molecule has 0 saturated heterocycles. The second kappa shape index (κ2) is 4.98. The van der Waals surface area contributed by atoms with Gasteiger partial charge in [-0.2, -0.15) is 11.5 Å². The van der Waals surface area contributed by atoms with E-state index in [1.54, 1.807) is 0 Å². The van der Waals surface area contributed by atoms with Crippen molar-refractivity contribution in [2.45, 2.75) is 38.9 Å². The van der Waals surface area contributed by atoms with Gasteiger partial charge in [-0.1, -0.05) is 49.8 Å². The smallest absolute Gasteiger partial charge is 0.393 e. The molecule has 0 unspecified atom stereocenters. The van der Waals surface area contributed by atoms with Crippen LogP contribution in [-0.4, -0.2) is 19.0 Å². The molecule has 1 heterocycles. The molecule has 16 heavy (non-hydrogen) atoms. The van der Waals surface area contributed by atoms with E-state index in [1.165, 1.54) is 3.58 Å². The van der Waals surface area contributed by atoms with Crippen molar-refractivity contribution in [1.29, 1.82) is 0 Å². The monoisotopic (exact) mass is 431 g/mol. The number of hydrogen-bond donors (Lipinski definition) is 0. The molecule has 0 aromatic heterocycles. The van der Waals surface area contributed by atoms with Gasteiger partial charge in [0, 0.05) is 7.96 Å². The highest BCUT2D eigenvalue weighted by Gasteiger charge is 2.45. The summed E-state index contributed by atoms with van der Waals surface area (Å²) < 4.78 is 4.65. The van der Waals surface area contributed by atoms with Gasteiger partial charge in [-0.3, -0.25) is 0 Å². The van der Waals surface area contributed by atoms with Crippen molar-refractivity contribution in [2.24, 2.45) is 0 Å². The SMILES string of the molecule is CC(C)(C)[Si](C)(C)N1C=C(I)C=C(Br)B1Cl. The molecule has 0 N–H and O–H groups in total. The Bertz CT molecular complexity index is 351. The Hall–Kier alpha value is 1.06. The summed E-state index contributed by atoms with van der Waals surface area (Å²) in [6, 6.07) is 0. The van der Waals surface area contributed by atoms with Crippen LogP contribution in [-0.2, 0) is 0 Å². The highest BCUT2D eigenvalue weighted by atomic mass is 127. The van der Waals surface area contributed by atoms with Crippen LogP contribution < -0.4 is 0 Å². The van der Waals surface area contributed by atoms with E-state index in [0.29, 0.717) is 0 Å². The number of nitrogens with zero attached hydrogens (tertiary/aromatic N) is 1. The minimum atomic E-state index is -1.60. The van der Waals surface area contributed by atoms with E-state index in [4.69, 9.17) is 11.5 Å². The number of rotatable bonds is 1. The predicted molar refractivity (Wildman–Crippen MR) is 89.8 cm³/mol. The van der Waals surface area contributed by atoms with Gasteiger partial charge in [0.05, 0.1) is 0 Å². The van der Waals surface area contributed by atoms with E-state index in [9.17, 15) is 0 Å². The maximum atomic E-state index is 6.49. The third kappa shape index (κ3) is 2.90. The second-order valence-electron chi connectivity index (χ2n) is 5.60. The van der Waals surface area contributed by atoms with Crippen LogP contribution in [0.1, 0.15) is 20.8 Å². The highest BCUT2D eigenvalue weighted by molar-refractivity contribution is 14.1. The summed E-state index contributed by atoms with van der Waals surface area (Å²) in [7, 11) is -1.60. The molecule has 6 heteroatoms.